The van der Waals surface area contributed by atoms with Crippen molar-refractivity contribution in [3.63, 3.8) is 0 Å². The predicted molar refractivity (Wildman–Crippen MR) is 71.8 cm³/mol. The molecule has 0 spiro atoms. The first-order valence-electron chi connectivity index (χ1n) is 6.29. The molecule has 0 radical (unpaired) electrons. The maximum Gasteiger partial charge on any atom is 0.335 e. The molecule has 5 heteroatoms. The van der Waals surface area contributed by atoms with Crippen LogP contribution in [0.4, 0.5) is 0 Å². The summed E-state index contributed by atoms with van der Waals surface area (Å²) in [7, 11) is 1.89. The molecule has 1 heterocycles. The molecule has 0 fully saturated rings. The smallest absolute Gasteiger partial charge is 0.335 e. The quantitative estimate of drug-likeness (QED) is 0.845. The van der Waals surface area contributed by atoms with Crippen molar-refractivity contribution in [3.8, 4) is 0 Å². The summed E-state index contributed by atoms with van der Waals surface area (Å²) in [6.07, 6.45) is 0.918. The topological polar surface area (TPSA) is 64.3 Å². The Kier molecular flexibility index (Phi) is 3.85. The van der Waals surface area contributed by atoms with Gasteiger partial charge in [0.25, 0.3) is 0 Å². The Labute approximate surface area is 111 Å². The van der Waals surface area contributed by atoms with Crippen LogP contribution < -0.4 is 0 Å². The summed E-state index contributed by atoms with van der Waals surface area (Å²) in [4.78, 5) is 11.4. The molecule has 0 bridgehead atoms. The SMILES string of the molecule is CCOC(=O)C(O)Cc1cc(C)c2c(cnn2C)c1. The summed E-state index contributed by atoms with van der Waals surface area (Å²) < 4.78 is 6.61. The highest BCUT2D eigenvalue weighted by molar-refractivity contribution is 5.83. The van der Waals surface area contributed by atoms with Gasteiger partial charge in [-0.3, -0.25) is 4.68 Å². The van der Waals surface area contributed by atoms with Crippen LogP contribution in [0.15, 0.2) is 18.3 Å². The summed E-state index contributed by atoms with van der Waals surface area (Å²) in [5.74, 6) is -0.577. The molecule has 0 aliphatic rings. The largest absolute Gasteiger partial charge is 0.464 e. The van der Waals surface area contributed by atoms with Crippen LogP contribution in [-0.4, -0.2) is 33.6 Å². The van der Waals surface area contributed by atoms with Crippen LogP contribution >= 0.6 is 0 Å². The molecule has 1 aromatic carbocycles. The lowest BCUT2D eigenvalue weighted by Crippen LogP contribution is -2.25. The van der Waals surface area contributed by atoms with Gasteiger partial charge in [-0.2, -0.15) is 5.10 Å². The number of aromatic nitrogens is 2. The number of fused-ring (bicyclic) bond motifs is 1. The van der Waals surface area contributed by atoms with Gasteiger partial charge in [-0.1, -0.05) is 6.07 Å². The maximum absolute atomic E-state index is 11.4. The first kappa shape index (κ1) is 13.5. The van der Waals surface area contributed by atoms with E-state index in [1.54, 1.807) is 13.1 Å². The monoisotopic (exact) mass is 262 g/mol. The highest BCUT2D eigenvalue weighted by Gasteiger charge is 2.17. The Hall–Kier alpha value is -1.88. The van der Waals surface area contributed by atoms with Crippen molar-refractivity contribution in [2.45, 2.75) is 26.4 Å². The molecular weight excluding hydrogens is 244 g/mol. The third-order valence-electron chi connectivity index (χ3n) is 3.07. The number of esters is 1. The summed E-state index contributed by atoms with van der Waals surface area (Å²) in [6, 6.07) is 3.91. The molecule has 2 aromatic rings. The van der Waals surface area contributed by atoms with Gasteiger partial charge in [0.1, 0.15) is 0 Å². The molecule has 19 heavy (non-hydrogen) atoms. The van der Waals surface area contributed by atoms with E-state index >= 15 is 0 Å². The Morgan fingerprint density at radius 1 is 1.53 bits per heavy atom. The van der Waals surface area contributed by atoms with Gasteiger partial charge in [0.05, 0.1) is 18.3 Å². The van der Waals surface area contributed by atoms with E-state index in [1.165, 1.54) is 0 Å². The van der Waals surface area contributed by atoms with Crippen molar-refractivity contribution in [2.75, 3.05) is 6.61 Å². The summed E-state index contributed by atoms with van der Waals surface area (Å²) in [6.45, 7) is 3.98. The minimum absolute atomic E-state index is 0.254. The molecule has 1 aromatic heterocycles. The standard InChI is InChI=1S/C14H18N2O3/c1-4-19-14(18)12(17)7-10-5-9(2)13-11(6-10)8-15-16(13)3/h5-6,8,12,17H,4,7H2,1-3H3. The van der Waals surface area contributed by atoms with Gasteiger partial charge in [-0.25, -0.2) is 4.79 Å². The summed E-state index contributed by atoms with van der Waals surface area (Å²) in [5.41, 5.74) is 3.04. The van der Waals surface area contributed by atoms with Crippen molar-refractivity contribution in [2.24, 2.45) is 7.05 Å². The Balaban J connectivity index is 2.24. The number of aryl methyl sites for hydroxylation is 2. The number of aliphatic hydroxyl groups excluding tert-OH is 1. The van der Waals surface area contributed by atoms with Gasteiger partial charge in [0, 0.05) is 18.9 Å². The second kappa shape index (κ2) is 5.40. The third-order valence-corrected chi connectivity index (χ3v) is 3.07. The number of carbonyl (C=O) groups is 1. The second-order valence-corrected chi connectivity index (χ2v) is 4.59. The average molecular weight is 262 g/mol. The third kappa shape index (κ3) is 2.76. The summed E-state index contributed by atoms with van der Waals surface area (Å²) >= 11 is 0. The van der Waals surface area contributed by atoms with Crippen LogP contribution in [0.3, 0.4) is 0 Å². The Morgan fingerprint density at radius 2 is 2.26 bits per heavy atom. The zero-order chi connectivity index (χ0) is 14.0. The second-order valence-electron chi connectivity index (χ2n) is 4.59. The van der Waals surface area contributed by atoms with Crippen LogP contribution in [0.1, 0.15) is 18.1 Å². The van der Waals surface area contributed by atoms with E-state index in [4.69, 9.17) is 4.74 Å². The van der Waals surface area contributed by atoms with E-state index in [2.05, 4.69) is 5.10 Å². The van der Waals surface area contributed by atoms with E-state index in [0.29, 0.717) is 0 Å². The fourth-order valence-electron chi connectivity index (χ4n) is 2.29. The predicted octanol–water partition coefficient (Wildman–Crippen LogP) is 1.35. The first-order valence-corrected chi connectivity index (χ1v) is 6.29. The molecule has 0 amide bonds. The maximum atomic E-state index is 11.4. The molecule has 2 rings (SSSR count). The minimum Gasteiger partial charge on any atom is -0.464 e. The molecule has 1 unspecified atom stereocenters. The molecule has 102 valence electrons. The first-order chi connectivity index (χ1) is 9.02. The van der Waals surface area contributed by atoms with Gasteiger partial charge in [-0.15, -0.1) is 0 Å². The normalized spacial score (nSPS) is 12.6. The lowest BCUT2D eigenvalue weighted by molar-refractivity contribution is -0.152. The highest BCUT2D eigenvalue weighted by atomic mass is 16.5. The van der Waals surface area contributed by atoms with E-state index < -0.39 is 12.1 Å². The van der Waals surface area contributed by atoms with E-state index in [0.717, 1.165) is 22.0 Å². The van der Waals surface area contributed by atoms with Crippen molar-refractivity contribution in [1.29, 1.82) is 0 Å². The molecule has 1 atom stereocenters. The zero-order valence-corrected chi connectivity index (χ0v) is 11.4. The average Bonchev–Trinajstić information content (AvgIpc) is 2.71. The minimum atomic E-state index is -1.12. The van der Waals surface area contributed by atoms with Gasteiger partial charge in [0.15, 0.2) is 6.10 Å². The fraction of sp³-hybridized carbons (Fsp3) is 0.429. The number of aliphatic hydroxyl groups is 1. The molecule has 0 saturated heterocycles. The molecule has 1 N–H and O–H groups in total. The van der Waals surface area contributed by atoms with Crippen LogP contribution in [-0.2, 0) is 23.0 Å². The van der Waals surface area contributed by atoms with E-state index in [1.807, 2.05) is 30.8 Å². The molecule has 0 saturated carbocycles. The lowest BCUT2D eigenvalue weighted by Gasteiger charge is -2.10. The van der Waals surface area contributed by atoms with Crippen LogP contribution in [0.2, 0.25) is 0 Å². The van der Waals surface area contributed by atoms with Crippen molar-refractivity contribution in [1.82, 2.24) is 9.78 Å². The van der Waals surface area contributed by atoms with E-state index in [9.17, 15) is 9.90 Å². The number of ether oxygens (including phenoxy) is 1. The summed E-state index contributed by atoms with van der Waals surface area (Å²) in [5, 5.41) is 15.0. The van der Waals surface area contributed by atoms with Gasteiger partial charge in [0.2, 0.25) is 0 Å². The molecule has 5 nitrogen and oxygen atoms in total. The highest BCUT2D eigenvalue weighted by Crippen LogP contribution is 2.20. The molecule has 0 aliphatic carbocycles. The van der Waals surface area contributed by atoms with Crippen LogP contribution in [0.5, 0.6) is 0 Å². The number of benzene rings is 1. The zero-order valence-electron chi connectivity index (χ0n) is 11.4. The number of hydrogen-bond donors (Lipinski definition) is 1. The number of rotatable bonds is 4. The Bertz CT molecular complexity index is 604. The molecular formula is C14H18N2O3. The van der Waals surface area contributed by atoms with Crippen molar-refractivity contribution >= 4 is 16.9 Å². The van der Waals surface area contributed by atoms with Gasteiger partial charge >= 0.3 is 5.97 Å². The van der Waals surface area contributed by atoms with Crippen molar-refractivity contribution < 1.29 is 14.6 Å². The van der Waals surface area contributed by atoms with Gasteiger partial charge in [-0.05, 0) is 31.0 Å². The fourth-order valence-corrected chi connectivity index (χ4v) is 2.29. The number of carbonyl (C=O) groups excluding carboxylic acids is 1. The Morgan fingerprint density at radius 3 is 2.95 bits per heavy atom. The van der Waals surface area contributed by atoms with Crippen LogP contribution in [0.25, 0.3) is 10.9 Å². The van der Waals surface area contributed by atoms with Crippen molar-refractivity contribution in [3.05, 3.63) is 29.5 Å². The van der Waals surface area contributed by atoms with E-state index in [-0.39, 0.29) is 13.0 Å². The lowest BCUT2D eigenvalue weighted by atomic mass is 10.0. The molecule has 0 aliphatic heterocycles. The number of nitrogens with zero attached hydrogens (tertiary/aromatic N) is 2. The number of hydrogen-bond acceptors (Lipinski definition) is 4. The van der Waals surface area contributed by atoms with Crippen LogP contribution in [0, 0.1) is 6.92 Å². The van der Waals surface area contributed by atoms with Gasteiger partial charge < -0.3 is 9.84 Å².